The van der Waals surface area contributed by atoms with E-state index >= 15 is 28.8 Å². The minimum Gasteiger partial charge on any atom is -0.508 e. The number of benzene rings is 5. The second-order valence-electron chi connectivity index (χ2n) is 26.2. The number of aromatic hydroxyl groups is 2. The van der Waals surface area contributed by atoms with Gasteiger partial charge in [-0.1, -0.05) is 72.8 Å². The van der Waals surface area contributed by atoms with Crippen molar-refractivity contribution >= 4 is 86.8 Å². The Hall–Kier alpha value is -11.2. The topological polar surface area (TPSA) is 437 Å². The van der Waals surface area contributed by atoms with Crippen LogP contribution in [0.4, 0.5) is 4.39 Å². The molecule has 11 amide bonds. The third-order valence-corrected chi connectivity index (χ3v) is 19.0. The van der Waals surface area contributed by atoms with E-state index in [9.17, 15) is 48.8 Å². The number of nitrogens with two attached hydrogens (primary N) is 2. The second-order valence-corrected chi connectivity index (χ2v) is 26.2. The van der Waals surface area contributed by atoms with Gasteiger partial charge in [0.05, 0.1) is 19.3 Å². The summed E-state index contributed by atoms with van der Waals surface area (Å²) in [6.07, 6.45) is 1.99. The first kappa shape index (κ1) is 76.0. The molecule has 1 aliphatic carbocycles. The lowest BCUT2D eigenvalue weighted by atomic mass is 10.00. The molecule has 103 heavy (non-hydrogen) atoms. The van der Waals surface area contributed by atoms with Crippen LogP contribution in [0.15, 0.2) is 134 Å². The van der Waals surface area contributed by atoms with Crippen LogP contribution in [0.5, 0.6) is 11.5 Å². The summed E-state index contributed by atoms with van der Waals surface area (Å²) in [5.74, 6) is -11.9. The van der Waals surface area contributed by atoms with E-state index in [1.165, 1.54) is 82.9 Å². The molecule has 2 aromatic heterocycles. The molecule has 5 aromatic carbocycles. The number of aliphatic hydroxyl groups excluding tert-OH is 2. The van der Waals surface area contributed by atoms with Crippen molar-refractivity contribution in [2.45, 2.75) is 125 Å². The highest BCUT2D eigenvalue weighted by molar-refractivity contribution is 6.00. The number of hydrogen-bond acceptors (Lipinski definition) is 16. The molecular weight excluding hydrogens is 1330 g/mol. The zero-order chi connectivity index (χ0) is 74.3. The number of aromatic nitrogens is 2. The molecule has 2 fully saturated rings. The summed E-state index contributed by atoms with van der Waals surface area (Å²) in [6.45, 7) is -2.77. The lowest BCUT2D eigenvalue weighted by Crippen LogP contribution is -2.62. The molecule has 2 aliphatic rings. The average molecular weight is 1420 g/mol. The van der Waals surface area contributed by atoms with E-state index in [2.05, 4.69) is 41.9 Å². The van der Waals surface area contributed by atoms with E-state index in [1.807, 2.05) is 0 Å². The van der Waals surface area contributed by atoms with Crippen molar-refractivity contribution in [3.63, 3.8) is 0 Å². The molecule has 1 aliphatic heterocycles. The van der Waals surface area contributed by atoms with Crippen molar-refractivity contribution in [3.8, 4) is 11.5 Å². The molecule has 9 rings (SSSR count). The zero-order valence-corrected chi connectivity index (χ0v) is 57.3. The fourth-order valence-electron chi connectivity index (χ4n) is 12.7. The number of primary amides is 1. The lowest BCUT2D eigenvalue weighted by Gasteiger charge is -2.36. The molecule has 29 nitrogen and oxygen atoms in total. The van der Waals surface area contributed by atoms with Gasteiger partial charge in [-0.3, -0.25) is 52.7 Å². The van der Waals surface area contributed by atoms with Crippen LogP contribution in [0.25, 0.3) is 21.8 Å². The Bertz CT molecular complexity index is 4230. The van der Waals surface area contributed by atoms with Gasteiger partial charge >= 0.3 is 0 Å². The van der Waals surface area contributed by atoms with Crippen molar-refractivity contribution in [1.82, 2.24) is 61.5 Å². The Labute approximate surface area is 592 Å². The van der Waals surface area contributed by atoms with Gasteiger partial charge in [-0.25, -0.2) is 4.39 Å². The highest BCUT2D eigenvalue weighted by Gasteiger charge is 2.45. The molecule has 0 bridgehead atoms. The number of para-hydroxylation sites is 1. The van der Waals surface area contributed by atoms with Crippen molar-refractivity contribution < 1.29 is 77.6 Å². The Morgan fingerprint density at radius 3 is 1.76 bits per heavy atom. The summed E-state index contributed by atoms with van der Waals surface area (Å²) in [5.41, 5.74) is 15.9. The third-order valence-electron chi connectivity index (χ3n) is 19.0. The first-order valence-electron chi connectivity index (χ1n) is 33.8. The number of halogens is 1. The number of rotatable bonds is 17. The number of aryl methyl sites for hydroxylation is 1. The van der Waals surface area contributed by atoms with E-state index < -0.39 is 170 Å². The molecule has 3 heterocycles. The molecule has 7 aromatic rings. The smallest absolute Gasteiger partial charge is 0.247 e. The Balaban J connectivity index is 1.11. The number of nitrogens with zero attached hydrogens (tertiary/aromatic N) is 4. The van der Waals surface area contributed by atoms with Gasteiger partial charge in [0.2, 0.25) is 65.0 Å². The SMILES string of the molecule is CN1C(=O)[C@H](CO)NC(=O)[C@H](Cc2ccc(O)cc2)NC(=O)[C@@H](N)CCC(=O)NC[C@@H](C(=O)N(C)[C@@H](Cc2ccc(F)cc2)C(N)=O)N(C)C(=O)[C@H](C2CC2)NC(=O)[C@H](Cc2c[nH]c3ccccc23)NC(=O)[C@H](Cc2c[nH]c3ccc(O)cc23)NC(=O)[C@H](CO)N(C)C(=O)[C@@H]1CCc1ccccc1. The van der Waals surface area contributed by atoms with Crippen LogP contribution >= 0.6 is 0 Å². The molecule has 0 unspecified atom stereocenters. The largest absolute Gasteiger partial charge is 0.508 e. The average Bonchev–Trinajstić information content (AvgIpc) is 1.76. The molecule has 16 N–H and O–H groups in total. The number of carbonyl (C=O) groups excluding carboxylic acids is 11. The van der Waals surface area contributed by atoms with Gasteiger partial charge in [0.15, 0.2) is 0 Å². The van der Waals surface area contributed by atoms with Crippen LogP contribution in [0.3, 0.4) is 0 Å². The number of phenols is 2. The Morgan fingerprint density at radius 2 is 1.13 bits per heavy atom. The molecule has 546 valence electrons. The fraction of sp³-hybridized carbons (Fsp3) is 0.384. The number of carbonyl (C=O) groups is 11. The van der Waals surface area contributed by atoms with Crippen LogP contribution in [0, 0.1) is 11.7 Å². The number of amides is 11. The summed E-state index contributed by atoms with van der Waals surface area (Å²) < 4.78 is 14.1. The maximum Gasteiger partial charge on any atom is 0.247 e. The molecular formula is C73H87FN14O15. The molecule has 30 heteroatoms. The van der Waals surface area contributed by atoms with Crippen molar-refractivity contribution in [2.24, 2.45) is 17.4 Å². The summed E-state index contributed by atoms with van der Waals surface area (Å²) >= 11 is 0. The van der Waals surface area contributed by atoms with Gasteiger partial charge in [0.25, 0.3) is 0 Å². The van der Waals surface area contributed by atoms with Gasteiger partial charge in [0, 0.05) is 101 Å². The number of aromatic amines is 2. The number of likely N-dealkylation sites (N-methyl/N-ethyl adjacent to an activating group) is 4. The third kappa shape index (κ3) is 19.2. The second kappa shape index (κ2) is 34.4. The van der Waals surface area contributed by atoms with Crippen LogP contribution in [-0.2, 0) is 84.8 Å². The van der Waals surface area contributed by atoms with Crippen molar-refractivity contribution in [3.05, 3.63) is 167 Å². The normalized spacial score (nSPS) is 22.7. The van der Waals surface area contributed by atoms with Crippen molar-refractivity contribution in [1.29, 1.82) is 0 Å². The van der Waals surface area contributed by atoms with Gasteiger partial charge in [-0.2, -0.15) is 0 Å². The maximum atomic E-state index is 15.5. The standard InChI is InChI=1S/C73H87FN14O15/c1-85-58(28-18-40-10-6-5-7-11-40)71(101)88(4)61(39-90)69(99)82-55(33-45-36-78-53-27-25-48(92)34-50(45)53)67(97)81-56(32-44-35-77-52-13-9-8-12-49(44)52)68(98)84-63(43-19-20-43)73(103)87(3)60(72(102)86(2)59(64(76)94)31-42-14-21-46(74)22-15-42)37-79-62(93)29-26-51(75)65(95)80-54(30-41-16-23-47(91)24-17-41)66(96)83-57(38-89)70(85)100/h5-17,21-25,27,34-36,43,51,54-61,63,77-78,89-92H,18-20,26,28-33,37-39,75H2,1-4H3,(H2,76,94)(H,79,93)(H,80,95)(H,81,97)(H,82,99)(H,83,96)(H,84,98)/t51-,54-,55-,56-,57-,58-,59-,60-,61-,63-/m0/s1. The number of phenolic OH excluding ortho intramolecular Hbond substituents is 2. The van der Waals surface area contributed by atoms with Crippen LogP contribution in [-0.4, -0.2) is 223 Å². The highest BCUT2D eigenvalue weighted by atomic mass is 19.1. The monoisotopic (exact) mass is 1420 g/mol. The van der Waals surface area contributed by atoms with E-state index in [0.717, 1.165) is 37.3 Å². The van der Waals surface area contributed by atoms with E-state index in [-0.39, 0.29) is 50.0 Å². The first-order chi connectivity index (χ1) is 49.2. The number of fused-ring (bicyclic) bond motifs is 2. The first-order valence-corrected chi connectivity index (χ1v) is 33.8. The predicted molar refractivity (Wildman–Crippen MR) is 375 cm³/mol. The Kier molecular flexibility index (Phi) is 25.4. The molecule has 1 saturated carbocycles. The Morgan fingerprint density at radius 1 is 0.573 bits per heavy atom. The highest BCUT2D eigenvalue weighted by Crippen LogP contribution is 2.34. The number of hydrogen-bond donors (Lipinski definition) is 14. The molecule has 10 atom stereocenters. The lowest BCUT2D eigenvalue weighted by molar-refractivity contribution is -0.150. The van der Waals surface area contributed by atoms with Crippen LogP contribution in [0.2, 0.25) is 0 Å². The predicted octanol–water partition coefficient (Wildman–Crippen LogP) is -0.0479. The van der Waals surface area contributed by atoms with Gasteiger partial charge < -0.3 is 93.4 Å². The summed E-state index contributed by atoms with van der Waals surface area (Å²) in [6, 6.07) is 15.1. The van der Waals surface area contributed by atoms with E-state index in [4.69, 9.17) is 11.5 Å². The van der Waals surface area contributed by atoms with Gasteiger partial charge in [-0.15, -0.1) is 0 Å². The quantitative estimate of drug-likeness (QED) is 0.0569. The number of nitrogens with one attached hydrogen (secondary N) is 8. The van der Waals surface area contributed by atoms with Gasteiger partial charge in [0.1, 0.15) is 71.7 Å². The van der Waals surface area contributed by atoms with Crippen LogP contribution < -0.4 is 43.4 Å². The summed E-state index contributed by atoms with van der Waals surface area (Å²) in [7, 11) is 4.92. The molecule has 0 spiro atoms. The molecule has 1 saturated heterocycles. The summed E-state index contributed by atoms with van der Waals surface area (Å²) in [4.78, 5) is 172. The maximum absolute atomic E-state index is 15.5. The minimum atomic E-state index is -1.81. The van der Waals surface area contributed by atoms with Gasteiger partial charge in [-0.05, 0) is 114 Å². The number of H-pyrrole nitrogens is 2. The van der Waals surface area contributed by atoms with E-state index in [1.54, 1.807) is 66.9 Å². The minimum absolute atomic E-state index is 0.128. The van der Waals surface area contributed by atoms with Crippen LogP contribution in [0.1, 0.15) is 59.9 Å². The number of aliphatic hydroxyl groups is 2. The van der Waals surface area contributed by atoms with E-state index in [0.29, 0.717) is 56.9 Å². The zero-order valence-electron chi connectivity index (χ0n) is 57.3. The molecule has 0 radical (unpaired) electrons. The summed E-state index contributed by atoms with van der Waals surface area (Å²) in [5, 5.41) is 59.9. The fourth-order valence-corrected chi connectivity index (χ4v) is 12.7. The van der Waals surface area contributed by atoms with Crippen molar-refractivity contribution in [2.75, 3.05) is 47.9 Å².